The Morgan fingerprint density at radius 3 is 2.50 bits per heavy atom. The van der Waals surface area contributed by atoms with E-state index in [-0.39, 0.29) is 30.3 Å². The van der Waals surface area contributed by atoms with E-state index >= 15 is 0 Å². The predicted molar refractivity (Wildman–Crippen MR) is 116 cm³/mol. The number of nitrogens with one attached hydrogen (secondary N) is 2. The number of anilines is 1. The first kappa shape index (κ1) is 24.1. The van der Waals surface area contributed by atoms with Gasteiger partial charge in [-0.15, -0.1) is 0 Å². The van der Waals surface area contributed by atoms with Crippen LogP contribution in [0.5, 0.6) is 5.75 Å². The van der Waals surface area contributed by atoms with Crippen molar-refractivity contribution in [2.75, 3.05) is 11.9 Å². The summed E-state index contributed by atoms with van der Waals surface area (Å²) in [6.45, 7) is 0.0111. The van der Waals surface area contributed by atoms with Gasteiger partial charge in [0, 0.05) is 5.69 Å². The Balaban J connectivity index is 1.57. The van der Waals surface area contributed by atoms with Crippen molar-refractivity contribution in [2.24, 2.45) is 0 Å². The Hall–Kier alpha value is -4.52. The zero-order valence-corrected chi connectivity index (χ0v) is 17.6. The topological polar surface area (TPSA) is 104 Å². The lowest BCUT2D eigenvalue weighted by molar-refractivity contribution is -0.137. The molecule has 0 saturated carbocycles. The van der Waals surface area contributed by atoms with Crippen LogP contribution in [0, 0.1) is 11.3 Å². The highest BCUT2D eigenvalue weighted by Crippen LogP contribution is 2.30. The summed E-state index contributed by atoms with van der Waals surface area (Å²) in [4.78, 5) is 24.2. The molecule has 0 spiro atoms. The quantitative estimate of drug-likeness (QED) is 0.372. The summed E-state index contributed by atoms with van der Waals surface area (Å²) in [6.07, 6.45) is -1.78. The highest BCUT2D eigenvalue weighted by Gasteiger charge is 2.30. The van der Waals surface area contributed by atoms with Crippen LogP contribution in [0.15, 0.2) is 76.9 Å². The van der Waals surface area contributed by atoms with E-state index in [0.717, 1.165) is 18.2 Å². The predicted octanol–water partition coefficient (Wildman–Crippen LogP) is 4.54. The van der Waals surface area contributed by atoms with Crippen molar-refractivity contribution >= 4 is 23.6 Å². The van der Waals surface area contributed by atoms with Gasteiger partial charge in [-0.3, -0.25) is 9.59 Å². The van der Waals surface area contributed by atoms with E-state index in [0.29, 0.717) is 17.1 Å². The zero-order valence-electron chi connectivity index (χ0n) is 17.6. The summed E-state index contributed by atoms with van der Waals surface area (Å²) >= 11 is 0. The maximum absolute atomic E-state index is 12.8. The fourth-order valence-electron chi connectivity index (χ4n) is 2.75. The largest absolute Gasteiger partial charge is 0.484 e. The third-order valence-electron chi connectivity index (χ3n) is 4.41. The lowest BCUT2D eigenvalue weighted by atomic mass is 10.1. The number of furan rings is 1. The molecule has 0 fully saturated rings. The van der Waals surface area contributed by atoms with Crippen LogP contribution >= 0.6 is 0 Å². The van der Waals surface area contributed by atoms with Gasteiger partial charge in [0.25, 0.3) is 11.8 Å². The highest BCUT2D eigenvalue weighted by atomic mass is 19.4. The van der Waals surface area contributed by atoms with E-state index in [4.69, 9.17) is 9.15 Å². The number of alkyl halides is 3. The van der Waals surface area contributed by atoms with Crippen molar-refractivity contribution in [3.8, 4) is 11.8 Å². The van der Waals surface area contributed by atoms with Crippen molar-refractivity contribution in [2.45, 2.75) is 12.7 Å². The number of rotatable bonds is 8. The summed E-state index contributed by atoms with van der Waals surface area (Å²) in [6, 6.07) is 15.5. The Labute approximate surface area is 192 Å². The molecule has 0 saturated heterocycles. The molecule has 7 nitrogen and oxygen atoms in total. The van der Waals surface area contributed by atoms with Gasteiger partial charge in [0.1, 0.15) is 23.2 Å². The van der Waals surface area contributed by atoms with E-state index in [9.17, 15) is 28.0 Å². The molecule has 0 bridgehead atoms. The number of nitrogens with zero attached hydrogens (tertiary/aromatic N) is 1. The maximum atomic E-state index is 12.8. The first-order valence-corrected chi connectivity index (χ1v) is 9.87. The van der Waals surface area contributed by atoms with Crippen LogP contribution in [0.2, 0.25) is 0 Å². The normalized spacial score (nSPS) is 11.4. The molecule has 34 heavy (non-hydrogen) atoms. The Morgan fingerprint density at radius 2 is 1.85 bits per heavy atom. The van der Waals surface area contributed by atoms with Crippen LogP contribution in [0.3, 0.4) is 0 Å². The van der Waals surface area contributed by atoms with Crippen LogP contribution in [-0.2, 0) is 22.3 Å². The van der Waals surface area contributed by atoms with E-state index in [2.05, 4.69) is 10.6 Å². The second kappa shape index (κ2) is 10.9. The minimum absolute atomic E-state index is 0.0879. The molecular weight excluding hydrogens is 451 g/mol. The van der Waals surface area contributed by atoms with Gasteiger partial charge in [-0.05, 0) is 54.1 Å². The molecular formula is C24H18F3N3O4. The number of carbonyl (C=O) groups excluding carboxylic acids is 2. The van der Waals surface area contributed by atoms with Gasteiger partial charge in [0.05, 0.1) is 18.4 Å². The first-order chi connectivity index (χ1) is 16.2. The van der Waals surface area contributed by atoms with Gasteiger partial charge in [0.15, 0.2) is 6.61 Å². The lowest BCUT2D eigenvalue weighted by Gasteiger charge is -2.09. The third kappa shape index (κ3) is 7.00. The summed E-state index contributed by atoms with van der Waals surface area (Å²) in [7, 11) is 0. The summed E-state index contributed by atoms with van der Waals surface area (Å²) < 4.78 is 49.0. The summed E-state index contributed by atoms with van der Waals surface area (Å²) in [5.74, 6) is -0.208. The van der Waals surface area contributed by atoms with E-state index in [1.807, 2.05) is 0 Å². The second-order valence-corrected chi connectivity index (χ2v) is 6.92. The lowest BCUT2D eigenvalue weighted by Crippen LogP contribution is -2.28. The number of nitriles is 1. The van der Waals surface area contributed by atoms with Crippen molar-refractivity contribution in [1.29, 1.82) is 5.26 Å². The Bertz CT molecular complexity index is 1210. The molecule has 2 N–H and O–H groups in total. The minimum atomic E-state index is -4.56. The van der Waals surface area contributed by atoms with E-state index in [1.165, 1.54) is 18.4 Å². The maximum Gasteiger partial charge on any atom is 0.416 e. The van der Waals surface area contributed by atoms with Gasteiger partial charge < -0.3 is 19.8 Å². The van der Waals surface area contributed by atoms with Gasteiger partial charge in [0.2, 0.25) is 0 Å². The molecule has 1 heterocycles. The molecule has 0 unspecified atom stereocenters. The monoisotopic (exact) mass is 469 g/mol. The standard InChI is InChI=1S/C24H18F3N3O4/c25-24(26,27)18-3-1-4-19(12-18)30-23(32)17(13-28)11-16-6-8-20(9-7-16)34-15-22(31)29-14-21-5-2-10-33-21/h1-12H,14-15H2,(H,29,31)(H,30,32)/b17-11+. The number of hydrogen-bond donors (Lipinski definition) is 2. The van der Waals surface area contributed by atoms with Gasteiger partial charge in [-0.25, -0.2) is 0 Å². The Morgan fingerprint density at radius 1 is 1.09 bits per heavy atom. The van der Waals surface area contributed by atoms with Gasteiger partial charge in [-0.1, -0.05) is 18.2 Å². The fraction of sp³-hybridized carbons (Fsp3) is 0.125. The average molecular weight is 469 g/mol. The molecule has 3 aromatic rings. The molecule has 3 rings (SSSR count). The van der Waals surface area contributed by atoms with Crippen LogP contribution in [0.4, 0.5) is 18.9 Å². The number of carbonyl (C=O) groups is 2. The number of halogens is 3. The molecule has 174 valence electrons. The molecule has 0 aliphatic heterocycles. The third-order valence-corrected chi connectivity index (χ3v) is 4.41. The van der Waals surface area contributed by atoms with Crippen LogP contribution in [0.1, 0.15) is 16.9 Å². The SMILES string of the molecule is N#C/C(=C\c1ccc(OCC(=O)NCc2ccco2)cc1)C(=O)Nc1cccc(C(F)(F)F)c1. The smallest absolute Gasteiger partial charge is 0.416 e. The molecule has 0 radical (unpaired) electrons. The van der Waals surface area contributed by atoms with E-state index < -0.39 is 17.6 Å². The molecule has 2 aromatic carbocycles. The first-order valence-electron chi connectivity index (χ1n) is 9.87. The Kier molecular flexibility index (Phi) is 7.71. The van der Waals surface area contributed by atoms with Crippen molar-refractivity contribution in [3.63, 3.8) is 0 Å². The summed E-state index contributed by atoms with van der Waals surface area (Å²) in [5, 5.41) is 14.2. The van der Waals surface area contributed by atoms with Crippen molar-refractivity contribution < 1.29 is 31.9 Å². The average Bonchev–Trinajstić information content (AvgIpc) is 3.34. The molecule has 10 heteroatoms. The van der Waals surface area contributed by atoms with Crippen molar-refractivity contribution in [3.05, 3.63) is 89.4 Å². The number of ether oxygens (including phenoxy) is 1. The molecule has 0 aliphatic rings. The number of benzene rings is 2. The minimum Gasteiger partial charge on any atom is -0.484 e. The zero-order chi connectivity index (χ0) is 24.6. The highest BCUT2D eigenvalue weighted by molar-refractivity contribution is 6.09. The number of hydrogen-bond acceptors (Lipinski definition) is 5. The molecule has 0 aliphatic carbocycles. The second-order valence-electron chi connectivity index (χ2n) is 6.92. The number of amides is 2. The molecule has 1 aromatic heterocycles. The summed E-state index contributed by atoms with van der Waals surface area (Å²) in [5.41, 5.74) is -0.832. The van der Waals surface area contributed by atoms with Crippen LogP contribution in [0.25, 0.3) is 6.08 Å². The molecule has 0 atom stereocenters. The molecule has 2 amide bonds. The van der Waals surface area contributed by atoms with E-state index in [1.54, 1.807) is 42.5 Å². The van der Waals surface area contributed by atoms with Crippen LogP contribution in [-0.4, -0.2) is 18.4 Å². The van der Waals surface area contributed by atoms with Crippen LogP contribution < -0.4 is 15.4 Å². The van der Waals surface area contributed by atoms with Gasteiger partial charge in [-0.2, -0.15) is 18.4 Å². The fourth-order valence-corrected chi connectivity index (χ4v) is 2.75. The van der Waals surface area contributed by atoms with Crippen molar-refractivity contribution in [1.82, 2.24) is 5.32 Å². The van der Waals surface area contributed by atoms with Gasteiger partial charge >= 0.3 is 6.18 Å².